The second-order valence-corrected chi connectivity index (χ2v) is 3.85. The van der Waals surface area contributed by atoms with Crippen LogP contribution in [0.15, 0.2) is 10.9 Å². The monoisotopic (exact) mass is 378 g/mol. The molecule has 1 heterocycles. The molecular formula is C7H9N2O3Po. The number of aromatic nitrogens is 2. The van der Waals surface area contributed by atoms with Gasteiger partial charge in [0.2, 0.25) is 0 Å². The van der Waals surface area contributed by atoms with E-state index >= 15 is 0 Å². The minimum atomic E-state index is -0.158. The summed E-state index contributed by atoms with van der Waals surface area (Å²) in [4.78, 5) is 14.7. The summed E-state index contributed by atoms with van der Waals surface area (Å²) < 4.78 is 10.5. The Morgan fingerprint density at radius 1 is 1.69 bits per heavy atom. The van der Waals surface area contributed by atoms with Gasteiger partial charge < -0.3 is 0 Å². The van der Waals surface area contributed by atoms with Crippen LogP contribution in [0.1, 0.15) is 12.3 Å². The number of ether oxygens (including phenoxy) is 1. The number of carbonyl (C=O) groups excluding carboxylic acids is 1. The predicted octanol–water partition coefficient (Wildman–Crippen LogP) is 0.132. The van der Waals surface area contributed by atoms with Crippen molar-refractivity contribution in [2.24, 2.45) is 0 Å². The predicted molar refractivity (Wildman–Crippen MR) is 44.1 cm³/mol. The van der Waals surface area contributed by atoms with E-state index in [-0.39, 0.29) is 5.97 Å². The van der Waals surface area contributed by atoms with Crippen LogP contribution in [0.4, 0.5) is 0 Å². The van der Waals surface area contributed by atoms with Crippen LogP contribution in [-0.4, -0.2) is 47.8 Å². The maximum absolute atomic E-state index is 10.9. The number of rotatable bonds is 5. The van der Waals surface area contributed by atoms with Gasteiger partial charge >= 0.3 is 91.0 Å². The van der Waals surface area contributed by atoms with Crippen LogP contribution < -0.4 is 0 Å². The van der Waals surface area contributed by atoms with Crippen molar-refractivity contribution < 1.29 is 14.1 Å². The average molecular weight is 378 g/mol. The van der Waals surface area contributed by atoms with Crippen LogP contribution in [0.5, 0.6) is 0 Å². The van der Waals surface area contributed by atoms with E-state index in [1.165, 1.54) is 31.4 Å². The summed E-state index contributed by atoms with van der Waals surface area (Å²) in [5.74, 6) is 0.337. The average Bonchev–Trinajstić information content (AvgIpc) is 2.57. The van der Waals surface area contributed by atoms with Gasteiger partial charge in [0, 0.05) is 0 Å². The molecule has 0 aromatic carbocycles. The van der Waals surface area contributed by atoms with Gasteiger partial charge in [-0.2, -0.15) is 0 Å². The normalized spacial score (nSPS) is 9.92. The molecule has 0 saturated heterocycles. The summed E-state index contributed by atoms with van der Waals surface area (Å²) in [6, 6.07) is 0. The Kier molecular flexibility index (Phi) is 4.91. The molecule has 1 rings (SSSR count). The standard InChI is InChI=1S/C7H9N2O3.Po/c1-2-7(10)11-4-3-6-8-5-9-12-6;/h5H,1-4H2;. The summed E-state index contributed by atoms with van der Waals surface area (Å²) in [5, 5.41) is 3.43. The second kappa shape index (κ2) is 6.04. The molecule has 1 aromatic rings. The van der Waals surface area contributed by atoms with Gasteiger partial charge in [-0.05, 0) is 0 Å². The van der Waals surface area contributed by atoms with Crippen molar-refractivity contribution in [1.82, 2.24) is 10.1 Å². The van der Waals surface area contributed by atoms with Crippen LogP contribution in [0.25, 0.3) is 0 Å². The van der Waals surface area contributed by atoms with Crippen molar-refractivity contribution in [3.63, 3.8) is 0 Å². The third-order valence-corrected chi connectivity index (χ3v) is 2.09. The molecular weight excluding hydrogens is 369 g/mol. The fourth-order valence-electron chi connectivity index (χ4n) is 0.714. The van der Waals surface area contributed by atoms with Gasteiger partial charge in [-0.15, -0.1) is 0 Å². The van der Waals surface area contributed by atoms with E-state index in [0.717, 1.165) is 4.08 Å². The van der Waals surface area contributed by atoms with Gasteiger partial charge in [0.05, 0.1) is 0 Å². The third-order valence-electron chi connectivity index (χ3n) is 1.29. The van der Waals surface area contributed by atoms with Crippen LogP contribution in [-0.2, 0) is 16.0 Å². The van der Waals surface area contributed by atoms with Crippen molar-refractivity contribution in [3.05, 3.63) is 12.2 Å². The maximum atomic E-state index is 10.9. The van der Waals surface area contributed by atoms with E-state index in [0.29, 0.717) is 25.3 Å². The number of esters is 1. The van der Waals surface area contributed by atoms with Crippen molar-refractivity contribution in [2.45, 2.75) is 16.9 Å². The molecule has 5 nitrogen and oxygen atoms in total. The molecule has 0 amide bonds. The summed E-state index contributed by atoms with van der Waals surface area (Å²) in [6.07, 6.45) is 2.31. The van der Waals surface area contributed by atoms with Crippen LogP contribution in [0.2, 0.25) is 4.08 Å². The Morgan fingerprint density at radius 2 is 2.54 bits per heavy atom. The Bertz CT molecular complexity index is 250. The zero-order valence-electron chi connectivity index (χ0n) is 6.93. The molecule has 0 saturated carbocycles. The Hall–Kier alpha value is -0.494. The van der Waals surface area contributed by atoms with Gasteiger partial charge in [0.15, 0.2) is 0 Å². The van der Waals surface area contributed by atoms with Gasteiger partial charge in [-0.25, -0.2) is 0 Å². The zero-order valence-corrected chi connectivity index (χ0v) is 10.1. The molecule has 0 aliphatic heterocycles. The summed E-state index contributed by atoms with van der Waals surface area (Å²) in [6.45, 7) is 0.316. The second-order valence-electron chi connectivity index (χ2n) is 2.26. The minimum absolute atomic E-state index is 0.158. The molecule has 0 aliphatic carbocycles. The van der Waals surface area contributed by atoms with E-state index in [2.05, 4.69) is 10.1 Å². The molecule has 1 aromatic heterocycles. The van der Waals surface area contributed by atoms with Crippen LogP contribution in [0.3, 0.4) is 0 Å². The topological polar surface area (TPSA) is 65.2 Å². The molecule has 6 heteroatoms. The van der Waals surface area contributed by atoms with E-state index in [4.69, 9.17) is 9.26 Å². The van der Waals surface area contributed by atoms with Crippen molar-refractivity contribution in [3.8, 4) is 0 Å². The Labute approximate surface area is 91.0 Å². The molecule has 0 spiro atoms. The summed E-state index contributed by atoms with van der Waals surface area (Å²) in [5.41, 5.74) is 0. The first kappa shape index (κ1) is 10.6. The Morgan fingerprint density at radius 3 is 3.15 bits per heavy atom. The third kappa shape index (κ3) is 4.32. The van der Waals surface area contributed by atoms with E-state index in [1.54, 1.807) is 0 Å². The summed E-state index contributed by atoms with van der Waals surface area (Å²) in [7, 11) is 0. The number of hydrogen-bond acceptors (Lipinski definition) is 5. The number of hydrogen-bond donors (Lipinski definition) is 0. The molecule has 0 unspecified atom stereocenters. The van der Waals surface area contributed by atoms with Crippen molar-refractivity contribution in [1.29, 1.82) is 0 Å². The molecule has 71 valence electrons. The first-order valence-corrected chi connectivity index (χ1v) is 6.06. The van der Waals surface area contributed by atoms with E-state index in [1.807, 2.05) is 0 Å². The van der Waals surface area contributed by atoms with Gasteiger partial charge in [-0.3, -0.25) is 0 Å². The first-order valence-electron chi connectivity index (χ1n) is 3.82. The van der Waals surface area contributed by atoms with Gasteiger partial charge in [-0.1, -0.05) is 0 Å². The zero-order chi connectivity index (χ0) is 9.52. The van der Waals surface area contributed by atoms with Crippen molar-refractivity contribution >= 4 is 31.0 Å². The number of carbonyl (C=O) groups is 1. The fourth-order valence-corrected chi connectivity index (χ4v) is 1.36. The Balaban J connectivity index is 2.11. The van der Waals surface area contributed by atoms with Crippen molar-refractivity contribution in [2.75, 3.05) is 6.61 Å². The van der Waals surface area contributed by atoms with Crippen LogP contribution >= 0.6 is 0 Å². The van der Waals surface area contributed by atoms with E-state index in [9.17, 15) is 4.79 Å². The molecule has 0 bridgehead atoms. The summed E-state index contributed by atoms with van der Waals surface area (Å²) >= 11 is 1.39. The fraction of sp³-hybridized carbons (Fsp3) is 0.571. The van der Waals surface area contributed by atoms with E-state index < -0.39 is 0 Å². The van der Waals surface area contributed by atoms with Gasteiger partial charge in [0.25, 0.3) is 0 Å². The quantitative estimate of drug-likeness (QED) is 0.682. The molecule has 0 fully saturated rings. The van der Waals surface area contributed by atoms with Crippen LogP contribution in [0, 0.1) is 0 Å². The molecule has 1 radical (unpaired) electrons. The molecule has 0 atom stereocenters. The molecule has 0 N–H and O–H groups in total. The number of nitrogens with zero attached hydrogens (tertiary/aromatic N) is 2. The SMILES string of the molecule is O=C(C[CH2][Po])OCCc1ncno1. The first-order chi connectivity index (χ1) is 6.33. The van der Waals surface area contributed by atoms with Gasteiger partial charge in [0.1, 0.15) is 0 Å². The molecule has 13 heavy (non-hydrogen) atoms. The molecule has 0 aliphatic rings.